The second-order valence-electron chi connectivity index (χ2n) is 12.5. The maximum atomic E-state index is 13.6. The molecule has 1 atom stereocenters. The van der Waals surface area contributed by atoms with E-state index in [1.54, 1.807) is 41.5 Å². The van der Waals surface area contributed by atoms with E-state index in [1.165, 1.54) is 6.33 Å². The Morgan fingerprint density at radius 2 is 1.59 bits per heavy atom. The zero-order valence-corrected chi connectivity index (χ0v) is 28.4. The molecule has 0 bridgehead atoms. The number of benzene rings is 2. The van der Waals surface area contributed by atoms with Gasteiger partial charge in [-0.1, -0.05) is 19.9 Å². The number of carbonyl (C=O) groups is 2. The van der Waals surface area contributed by atoms with Crippen LogP contribution >= 0.6 is 0 Å². The predicted molar refractivity (Wildman–Crippen MR) is 179 cm³/mol. The van der Waals surface area contributed by atoms with E-state index in [4.69, 9.17) is 18.9 Å². The third-order valence-electron chi connectivity index (χ3n) is 6.65. The van der Waals surface area contributed by atoms with Gasteiger partial charge in [-0.05, 0) is 91.8 Å². The van der Waals surface area contributed by atoms with Crippen molar-refractivity contribution in [2.45, 2.75) is 93.2 Å². The average Bonchev–Trinajstić information content (AvgIpc) is 3.51. The Labute approximate surface area is 270 Å². The zero-order valence-electron chi connectivity index (χ0n) is 28.4. The van der Waals surface area contributed by atoms with E-state index in [-0.39, 0.29) is 11.9 Å². The number of fused-ring (bicyclic) bond motifs is 3. The molecule has 0 radical (unpaired) electrons. The maximum Gasteiger partial charge on any atom is 0.425 e. The summed E-state index contributed by atoms with van der Waals surface area (Å²) in [6, 6.07) is 15.3. The fraction of sp³-hybridized carbons (Fsp3) is 0.429. The van der Waals surface area contributed by atoms with Gasteiger partial charge in [0.1, 0.15) is 40.1 Å². The number of amides is 2. The van der Waals surface area contributed by atoms with Crippen molar-refractivity contribution in [2.24, 2.45) is 0 Å². The number of nitrogens with zero attached hydrogens (tertiary/aromatic N) is 4. The third kappa shape index (κ3) is 7.59. The lowest BCUT2D eigenvalue weighted by molar-refractivity contribution is 0.0429. The molecule has 11 nitrogen and oxygen atoms in total. The number of nitrogens with one attached hydrogen (secondary N) is 1. The van der Waals surface area contributed by atoms with Gasteiger partial charge in [-0.15, -0.1) is 0 Å². The molecule has 2 aromatic heterocycles. The summed E-state index contributed by atoms with van der Waals surface area (Å²) in [5.41, 5.74) is 2.68. The van der Waals surface area contributed by atoms with Crippen LogP contribution < -0.4 is 15.0 Å². The highest BCUT2D eigenvalue weighted by atomic mass is 16.6. The number of imide groups is 1. The highest BCUT2D eigenvalue weighted by Crippen LogP contribution is 2.42. The molecule has 46 heavy (non-hydrogen) atoms. The Hall–Kier alpha value is -4.64. The minimum Gasteiger partial charge on any atom is -0.457 e. The van der Waals surface area contributed by atoms with Crippen molar-refractivity contribution in [3.63, 3.8) is 0 Å². The van der Waals surface area contributed by atoms with Gasteiger partial charge < -0.3 is 28.8 Å². The molecule has 11 heteroatoms. The van der Waals surface area contributed by atoms with Crippen LogP contribution in [0.2, 0.25) is 0 Å². The molecule has 246 valence electrons. The van der Waals surface area contributed by atoms with Crippen LogP contribution in [0.5, 0.6) is 11.5 Å². The van der Waals surface area contributed by atoms with E-state index in [2.05, 4.69) is 15.3 Å². The summed E-state index contributed by atoms with van der Waals surface area (Å²) in [6.07, 6.45) is -0.757. The first-order valence-corrected chi connectivity index (χ1v) is 15.6. The standard InChI is InChI=1S/C33H39N5O6.C2H6/c1-9-34-21-11-10-12-24(17-21)42-23-15-13-22(14-16-23)37-25-18-41-20(2)26(25)27-28(37)29(36-19-35-27)38(30(39)43-32(3,4)5)31(40)44-33(6,7)8;1-2/h10-17,19-20,34H,9,18H2,1-8H3;1-2H3. The summed E-state index contributed by atoms with van der Waals surface area (Å²) in [5.74, 6) is 1.38. The van der Waals surface area contributed by atoms with Crippen LogP contribution in [0.1, 0.15) is 86.6 Å². The summed E-state index contributed by atoms with van der Waals surface area (Å²) < 4.78 is 25.3. The first-order valence-electron chi connectivity index (χ1n) is 15.6. The van der Waals surface area contributed by atoms with Gasteiger partial charge in [0.05, 0.1) is 18.4 Å². The van der Waals surface area contributed by atoms with Gasteiger partial charge >= 0.3 is 12.2 Å². The van der Waals surface area contributed by atoms with Crippen molar-refractivity contribution in [3.05, 3.63) is 66.1 Å². The molecule has 0 spiro atoms. The SMILES string of the molecule is CC.CCNc1cccc(Oc2ccc(-n3c4c(c5ncnc(N(C(=O)OC(C)(C)C)C(=O)OC(C)(C)C)c53)C(C)OC4)cc2)c1. The van der Waals surface area contributed by atoms with Gasteiger partial charge in [0.25, 0.3) is 0 Å². The minimum absolute atomic E-state index is 0.0423. The lowest BCUT2D eigenvalue weighted by Gasteiger charge is -2.28. The van der Waals surface area contributed by atoms with Crippen LogP contribution in [0.25, 0.3) is 16.7 Å². The molecule has 0 fully saturated rings. The number of ether oxygens (including phenoxy) is 4. The smallest absolute Gasteiger partial charge is 0.425 e. The predicted octanol–water partition coefficient (Wildman–Crippen LogP) is 8.94. The molecular weight excluding hydrogens is 586 g/mol. The lowest BCUT2D eigenvalue weighted by atomic mass is 10.1. The molecule has 0 saturated heterocycles. The molecule has 1 aliphatic rings. The zero-order chi connectivity index (χ0) is 33.8. The summed E-state index contributed by atoms with van der Waals surface area (Å²) in [6.45, 7) is 19.4. The van der Waals surface area contributed by atoms with Crippen LogP contribution in [0.4, 0.5) is 21.1 Å². The van der Waals surface area contributed by atoms with Gasteiger partial charge in [0.15, 0.2) is 5.82 Å². The number of carbonyl (C=O) groups excluding carboxylic acids is 2. The fourth-order valence-electron chi connectivity index (χ4n) is 5.01. The quantitative estimate of drug-likeness (QED) is 0.222. The Bertz CT molecular complexity index is 1660. The largest absolute Gasteiger partial charge is 0.457 e. The van der Waals surface area contributed by atoms with E-state index in [1.807, 2.05) is 80.8 Å². The Balaban J connectivity index is 0.00000235. The summed E-state index contributed by atoms with van der Waals surface area (Å²) in [5, 5.41) is 3.28. The van der Waals surface area contributed by atoms with Crippen molar-refractivity contribution in [2.75, 3.05) is 16.8 Å². The summed E-state index contributed by atoms with van der Waals surface area (Å²) >= 11 is 0. The van der Waals surface area contributed by atoms with E-state index in [0.29, 0.717) is 29.1 Å². The van der Waals surface area contributed by atoms with Gasteiger partial charge in [0.2, 0.25) is 0 Å². The topological polar surface area (TPSA) is 117 Å². The van der Waals surface area contributed by atoms with Gasteiger partial charge in [-0.3, -0.25) is 0 Å². The van der Waals surface area contributed by atoms with Crippen molar-refractivity contribution < 1.29 is 28.5 Å². The fourth-order valence-corrected chi connectivity index (χ4v) is 5.01. The Morgan fingerprint density at radius 3 is 2.17 bits per heavy atom. The number of anilines is 2. The van der Waals surface area contributed by atoms with Gasteiger partial charge in [-0.2, -0.15) is 4.90 Å². The molecule has 1 N–H and O–H groups in total. The van der Waals surface area contributed by atoms with E-state index in [0.717, 1.165) is 34.1 Å². The van der Waals surface area contributed by atoms with Crippen LogP contribution in [0, 0.1) is 0 Å². The van der Waals surface area contributed by atoms with Crippen molar-refractivity contribution in [1.82, 2.24) is 14.5 Å². The normalized spacial score (nSPS) is 14.2. The molecule has 0 saturated carbocycles. The minimum atomic E-state index is -0.910. The molecule has 2 amide bonds. The van der Waals surface area contributed by atoms with Gasteiger partial charge in [-0.25, -0.2) is 19.6 Å². The molecular formula is C35H45N5O6. The Morgan fingerprint density at radius 1 is 0.957 bits per heavy atom. The maximum absolute atomic E-state index is 13.6. The summed E-state index contributed by atoms with van der Waals surface area (Å²) in [4.78, 5) is 37.1. The highest BCUT2D eigenvalue weighted by Gasteiger charge is 2.38. The molecule has 2 aromatic carbocycles. The average molecular weight is 632 g/mol. The van der Waals surface area contributed by atoms with E-state index in [9.17, 15) is 9.59 Å². The lowest BCUT2D eigenvalue weighted by Crippen LogP contribution is -2.44. The third-order valence-corrected chi connectivity index (χ3v) is 6.65. The molecule has 1 unspecified atom stereocenters. The number of hydrogen-bond donors (Lipinski definition) is 1. The first-order chi connectivity index (χ1) is 21.8. The summed E-state index contributed by atoms with van der Waals surface area (Å²) in [7, 11) is 0. The van der Waals surface area contributed by atoms with Crippen LogP contribution in [-0.4, -0.2) is 44.5 Å². The molecule has 3 heterocycles. The first kappa shape index (κ1) is 34.2. The number of hydrogen-bond acceptors (Lipinski definition) is 9. The van der Waals surface area contributed by atoms with Crippen molar-refractivity contribution >= 4 is 34.7 Å². The van der Waals surface area contributed by atoms with Crippen LogP contribution in [0.3, 0.4) is 0 Å². The molecule has 4 aromatic rings. The highest BCUT2D eigenvalue weighted by molar-refractivity contribution is 6.13. The number of aromatic nitrogens is 3. The second kappa shape index (κ2) is 13.8. The van der Waals surface area contributed by atoms with Crippen molar-refractivity contribution in [1.29, 1.82) is 0 Å². The Kier molecular flexibility index (Phi) is 10.3. The second-order valence-corrected chi connectivity index (χ2v) is 12.5. The van der Waals surface area contributed by atoms with E-state index < -0.39 is 23.4 Å². The monoisotopic (exact) mass is 631 g/mol. The van der Waals surface area contributed by atoms with Crippen LogP contribution in [0.15, 0.2) is 54.9 Å². The van der Waals surface area contributed by atoms with E-state index >= 15 is 0 Å². The molecule has 0 aliphatic carbocycles. The molecule has 5 rings (SSSR count). The van der Waals surface area contributed by atoms with Crippen LogP contribution in [-0.2, 0) is 20.8 Å². The number of rotatable bonds is 6. The van der Waals surface area contributed by atoms with Gasteiger partial charge in [0, 0.05) is 29.5 Å². The molecule has 1 aliphatic heterocycles. The van der Waals surface area contributed by atoms with Crippen molar-refractivity contribution in [3.8, 4) is 17.2 Å².